The van der Waals surface area contributed by atoms with Gasteiger partial charge in [0.15, 0.2) is 0 Å². The number of amides is 2. The fraction of sp³-hybridized carbons (Fsp3) is 0. The highest BCUT2D eigenvalue weighted by Crippen LogP contribution is 2.25. The molecular formula is C24H16N4O6. The van der Waals surface area contributed by atoms with Crippen molar-refractivity contribution >= 4 is 45.3 Å². The van der Waals surface area contributed by atoms with E-state index in [-0.39, 0.29) is 16.8 Å². The molecule has 0 fully saturated rings. The first-order valence-corrected chi connectivity index (χ1v) is 9.96. The molecule has 4 aromatic rings. The van der Waals surface area contributed by atoms with Crippen LogP contribution in [0.15, 0.2) is 84.9 Å². The molecule has 0 spiro atoms. The Bertz CT molecular complexity index is 1430. The van der Waals surface area contributed by atoms with Crippen molar-refractivity contribution in [3.8, 4) is 0 Å². The van der Waals surface area contributed by atoms with Crippen LogP contribution in [0.3, 0.4) is 0 Å². The maximum atomic E-state index is 12.8. The Hall–Kier alpha value is -5.12. The quantitative estimate of drug-likeness (QED) is 0.303. The predicted octanol–water partition coefficient (Wildman–Crippen LogP) is 5.16. The normalized spacial score (nSPS) is 10.5. The first-order valence-electron chi connectivity index (χ1n) is 9.96. The standard InChI is InChI=1S/C24H16N4O6/c29-23(26-22-10-4-6-15-5-1-2-9-21(15)22)16-7-3-8-18(11-16)25-24(30)17-12-19(27(31)32)14-20(13-17)28(33)34/h1-14H,(H,25,30)(H,26,29). The molecule has 0 aromatic heterocycles. The molecule has 2 N–H and O–H groups in total. The van der Waals surface area contributed by atoms with E-state index in [4.69, 9.17) is 0 Å². The number of nitrogens with zero attached hydrogens (tertiary/aromatic N) is 2. The number of nitro benzene ring substituents is 2. The molecule has 0 saturated heterocycles. The minimum atomic E-state index is -0.817. The number of carbonyl (C=O) groups is 2. The summed E-state index contributed by atoms with van der Waals surface area (Å²) in [6.45, 7) is 0. The molecule has 0 unspecified atom stereocenters. The van der Waals surface area contributed by atoms with Gasteiger partial charge in [0.05, 0.1) is 21.5 Å². The van der Waals surface area contributed by atoms with E-state index in [1.54, 1.807) is 18.2 Å². The molecule has 0 aliphatic heterocycles. The second-order valence-electron chi connectivity index (χ2n) is 7.27. The lowest BCUT2D eigenvalue weighted by Crippen LogP contribution is -2.15. The number of carbonyl (C=O) groups excluding carboxylic acids is 2. The summed E-state index contributed by atoms with van der Waals surface area (Å²) in [4.78, 5) is 46.0. The molecule has 2 amide bonds. The summed E-state index contributed by atoms with van der Waals surface area (Å²) in [6, 6.07) is 21.9. The SMILES string of the molecule is O=C(Nc1cccc(C(=O)Nc2cccc3ccccc23)c1)c1cc([N+](=O)[O-])cc([N+](=O)[O-])c1. The lowest BCUT2D eigenvalue weighted by molar-refractivity contribution is -0.394. The number of nitrogens with one attached hydrogen (secondary N) is 2. The molecule has 4 rings (SSSR count). The van der Waals surface area contributed by atoms with Crippen LogP contribution in [-0.2, 0) is 0 Å². The number of hydrogen-bond acceptors (Lipinski definition) is 6. The molecule has 0 aliphatic rings. The van der Waals surface area contributed by atoms with Gasteiger partial charge in [-0.25, -0.2) is 0 Å². The van der Waals surface area contributed by atoms with E-state index in [1.165, 1.54) is 12.1 Å². The number of anilines is 2. The molecule has 34 heavy (non-hydrogen) atoms. The van der Waals surface area contributed by atoms with Gasteiger partial charge in [-0.3, -0.25) is 29.8 Å². The number of rotatable bonds is 6. The van der Waals surface area contributed by atoms with Gasteiger partial charge in [-0.15, -0.1) is 0 Å². The summed E-state index contributed by atoms with van der Waals surface area (Å²) in [6.07, 6.45) is 0. The third kappa shape index (κ3) is 4.70. The average Bonchev–Trinajstić information content (AvgIpc) is 2.84. The summed E-state index contributed by atoms with van der Waals surface area (Å²) in [5, 5.41) is 29.3. The summed E-state index contributed by atoms with van der Waals surface area (Å²) in [5.74, 6) is -1.20. The lowest BCUT2D eigenvalue weighted by atomic mass is 10.1. The van der Waals surface area contributed by atoms with E-state index in [0.717, 1.165) is 29.0 Å². The van der Waals surface area contributed by atoms with Gasteiger partial charge in [0.2, 0.25) is 0 Å². The molecular weight excluding hydrogens is 440 g/mol. The molecule has 4 aromatic carbocycles. The van der Waals surface area contributed by atoms with Crippen LogP contribution in [0.4, 0.5) is 22.7 Å². The Kier molecular flexibility index (Phi) is 5.95. The third-order valence-corrected chi connectivity index (χ3v) is 5.01. The van der Waals surface area contributed by atoms with Crippen LogP contribution in [0.5, 0.6) is 0 Å². The van der Waals surface area contributed by atoms with E-state index in [9.17, 15) is 29.8 Å². The van der Waals surface area contributed by atoms with Crippen LogP contribution >= 0.6 is 0 Å². The Morgan fingerprint density at radius 2 is 1.26 bits per heavy atom. The molecule has 10 heteroatoms. The Morgan fingerprint density at radius 3 is 1.97 bits per heavy atom. The highest BCUT2D eigenvalue weighted by molar-refractivity contribution is 6.10. The van der Waals surface area contributed by atoms with Gasteiger partial charge in [-0.1, -0.05) is 42.5 Å². The van der Waals surface area contributed by atoms with Crippen molar-refractivity contribution in [1.82, 2.24) is 0 Å². The smallest absolute Gasteiger partial charge is 0.277 e. The van der Waals surface area contributed by atoms with Crippen molar-refractivity contribution in [3.05, 3.63) is 116 Å². The number of non-ortho nitro benzene ring substituents is 2. The van der Waals surface area contributed by atoms with Gasteiger partial charge in [-0.05, 0) is 29.7 Å². The topological polar surface area (TPSA) is 144 Å². The number of nitro groups is 2. The highest BCUT2D eigenvalue weighted by Gasteiger charge is 2.20. The van der Waals surface area contributed by atoms with Crippen molar-refractivity contribution in [1.29, 1.82) is 0 Å². The molecule has 0 bridgehead atoms. The van der Waals surface area contributed by atoms with Crippen molar-refractivity contribution in [3.63, 3.8) is 0 Å². The van der Waals surface area contributed by atoms with Crippen LogP contribution in [0.25, 0.3) is 10.8 Å². The Labute approximate surface area is 192 Å². The molecule has 10 nitrogen and oxygen atoms in total. The van der Waals surface area contributed by atoms with E-state index in [0.29, 0.717) is 5.69 Å². The van der Waals surface area contributed by atoms with Crippen LogP contribution in [0.2, 0.25) is 0 Å². The maximum absolute atomic E-state index is 12.8. The molecule has 0 heterocycles. The van der Waals surface area contributed by atoms with Gasteiger partial charge >= 0.3 is 0 Å². The van der Waals surface area contributed by atoms with Gasteiger partial charge in [0.1, 0.15) is 0 Å². The van der Waals surface area contributed by atoms with Crippen LogP contribution < -0.4 is 10.6 Å². The minimum absolute atomic E-state index is 0.240. The summed E-state index contributed by atoms with van der Waals surface area (Å²) in [5.41, 5.74) is -0.293. The average molecular weight is 456 g/mol. The number of benzene rings is 4. The van der Waals surface area contributed by atoms with E-state index < -0.39 is 33.0 Å². The van der Waals surface area contributed by atoms with Gasteiger partial charge in [-0.2, -0.15) is 0 Å². The summed E-state index contributed by atoms with van der Waals surface area (Å²) < 4.78 is 0. The minimum Gasteiger partial charge on any atom is -0.322 e. The predicted molar refractivity (Wildman–Crippen MR) is 126 cm³/mol. The first-order chi connectivity index (χ1) is 16.3. The van der Waals surface area contributed by atoms with E-state index in [1.807, 2.05) is 36.4 Å². The van der Waals surface area contributed by atoms with Gasteiger partial charge in [0, 0.05) is 34.5 Å². The second kappa shape index (κ2) is 9.17. The zero-order chi connectivity index (χ0) is 24.2. The van der Waals surface area contributed by atoms with Gasteiger partial charge < -0.3 is 10.6 Å². The fourth-order valence-electron chi connectivity index (χ4n) is 3.41. The molecule has 0 radical (unpaired) electrons. The molecule has 0 aliphatic carbocycles. The zero-order valence-corrected chi connectivity index (χ0v) is 17.4. The lowest BCUT2D eigenvalue weighted by Gasteiger charge is -2.10. The third-order valence-electron chi connectivity index (χ3n) is 5.01. The fourth-order valence-corrected chi connectivity index (χ4v) is 3.41. The maximum Gasteiger partial charge on any atom is 0.277 e. The Morgan fingerprint density at radius 1 is 0.647 bits per heavy atom. The number of fused-ring (bicyclic) bond motifs is 1. The molecule has 168 valence electrons. The van der Waals surface area contributed by atoms with Crippen LogP contribution in [0, 0.1) is 20.2 Å². The first kappa shape index (κ1) is 22.1. The Balaban J connectivity index is 1.56. The highest BCUT2D eigenvalue weighted by atomic mass is 16.6. The number of hydrogen-bond donors (Lipinski definition) is 2. The molecule has 0 saturated carbocycles. The van der Waals surface area contributed by atoms with E-state index >= 15 is 0 Å². The van der Waals surface area contributed by atoms with Crippen molar-refractivity contribution in [2.45, 2.75) is 0 Å². The largest absolute Gasteiger partial charge is 0.322 e. The van der Waals surface area contributed by atoms with Crippen molar-refractivity contribution in [2.24, 2.45) is 0 Å². The summed E-state index contributed by atoms with van der Waals surface area (Å²) >= 11 is 0. The van der Waals surface area contributed by atoms with Crippen molar-refractivity contribution < 1.29 is 19.4 Å². The van der Waals surface area contributed by atoms with Gasteiger partial charge in [0.25, 0.3) is 23.2 Å². The zero-order valence-electron chi connectivity index (χ0n) is 17.4. The van der Waals surface area contributed by atoms with Crippen LogP contribution in [0.1, 0.15) is 20.7 Å². The van der Waals surface area contributed by atoms with Crippen LogP contribution in [-0.4, -0.2) is 21.7 Å². The van der Waals surface area contributed by atoms with Crippen molar-refractivity contribution in [2.75, 3.05) is 10.6 Å². The monoisotopic (exact) mass is 456 g/mol. The second-order valence-corrected chi connectivity index (χ2v) is 7.27. The summed E-state index contributed by atoms with van der Waals surface area (Å²) in [7, 11) is 0. The molecule has 0 atom stereocenters. The van der Waals surface area contributed by atoms with E-state index in [2.05, 4.69) is 10.6 Å².